The maximum absolute atomic E-state index is 13.0. The highest BCUT2D eigenvalue weighted by atomic mass is 35.5. The van der Waals surface area contributed by atoms with Gasteiger partial charge in [-0.3, -0.25) is 4.79 Å². The Morgan fingerprint density at radius 2 is 1.85 bits per heavy atom. The summed E-state index contributed by atoms with van der Waals surface area (Å²) in [7, 11) is -4.23. The van der Waals surface area contributed by atoms with Crippen LogP contribution in [0.25, 0.3) is 0 Å². The molecular formula is C17H22ClF3N2O3S. The number of rotatable bonds is 3. The molecule has 1 aliphatic rings. The number of benzene rings is 1. The fourth-order valence-corrected chi connectivity index (χ4v) is 5.10. The molecule has 0 radical (unpaired) electrons. The predicted octanol–water partition coefficient (Wildman–Crippen LogP) is 3.82. The summed E-state index contributed by atoms with van der Waals surface area (Å²) in [6, 6.07) is 1.17. The molecule has 0 aliphatic carbocycles. The Morgan fingerprint density at radius 1 is 1.22 bits per heavy atom. The second kappa shape index (κ2) is 7.60. The number of nitrogens with one attached hydrogen (secondary N) is 1. The quantitative estimate of drug-likeness (QED) is 0.799. The largest absolute Gasteiger partial charge is 0.416 e. The van der Waals surface area contributed by atoms with Gasteiger partial charge in [0, 0.05) is 12.1 Å². The van der Waals surface area contributed by atoms with E-state index in [4.69, 9.17) is 11.6 Å². The number of carbonyl (C=O) groups excluding carboxylic acids is 1. The van der Waals surface area contributed by atoms with Crippen LogP contribution in [-0.4, -0.2) is 36.8 Å². The lowest BCUT2D eigenvalue weighted by atomic mass is 10.0. The molecule has 1 fully saturated rings. The molecule has 1 unspecified atom stereocenters. The minimum atomic E-state index is -4.63. The highest BCUT2D eigenvalue weighted by Gasteiger charge is 2.40. The van der Waals surface area contributed by atoms with E-state index in [1.54, 1.807) is 20.8 Å². The molecule has 27 heavy (non-hydrogen) atoms. The van der Waals surface area contributed by atoms with Gasteiger partial charge in [-0.15, -0.1) is 0 Å². The molecule has 1 aliphatic heterocycles. The zero-order valence-corrected chi connectivity index (χ0v) is 16.8. The highest BCUT2D eigenvalue weighted by molar-refractivity contribution is 7.89. The fraction of sp³-hybridized carbons (Fsp3) is 0.588. The topological polar surface area (TPSA) is 66.5 Å². The Bertz CT molecular complexity index is 820. The molecule has 10 heteroatoms. The van der Waals surface area contributed by atoms with Crippen molar-refractivity contribution < 1.29 is 26.4 Å². The first-order valence-electron chi connectivity index (χ1n) is 8.44. The van der Waals surface area contributed by atoms with Crippen molar-refractivity contribution in [1.82, 2.24) is 9.62 Å². The van der Waals surface area contributed by atoms with Gasteiger partial charge in [0.05, 0.1) is 10.6 Å². The first-order chi connectivity index (χ1) is 12.2. The number of hydrogen-bond acceptors (Lipinski definition) is 3. The van der Waals surface area contributed by atoms with Crippen LogP contribution in [0, 0.1) is 0 Å². The summed E-state index contributed by atoms with van der Waals surface area (Å²) in [4.78, 5) is 12.1. The third-order valence-electron chi connectivity index (χ3n) is 4.10. The monoisotopic (exact) mass is 426 g/mol. The van der Waals surface area contributed by atoms with Crippen LogP contribution in [0.15, 0.2) is 23.1 Å². The van der Waals surface area contributed by atoms with Crippen molar-refractivity contribution in [2.24, 2.45) is 0 Å². The maximum Gasteiger partial charge on any atom is 0.416 e. The molecule has 152 valence electrons. The smallest absolute Gasteiger partial charge is 0.350 e. The molecule has 2 rings (SSSR count). The van der Waals surface area contributed by atoms with Gasteiger partial charge >= 0.3 is 6.18 Å². The summed E-state index contributed by atoms with van der Waals surface area (Å²) in [6.07, 6.45) is -3.07. The van der Waals surface area contributed by atoms with Crippen molar-refractivity contribution in [1.29, 1.82) is 0 Å². The van der Waals surface area contributed by atoms with Gasteiger partial charge < -0.3 is 5.32 Å². The van der Waals surface area contributed by atoms with E-state index in [1.165, 1.54) is 0 Å². The second-order valence-electron chi connectivity index (χ2n) is 7.51. The van der Waals surface area contributed by atoms with Gasteiger partial charge in [0.2, 0.25) is 15.9 Å². The molecule has 1 aromatic carbocycles. The second-order valence-corrected chi connectivity index (χ2v) is 9.78. The number of amides is 1. The third-order valence-corrected chi connectivity index (χ3v) is 6.49. The molecule has 1 amide bonds. The minimum absolute atomic E-state index is 0.0991. The lowest BCUT2D eigenvalue weighted by Gasteiger charge is -2.35. The van der Waals surface area contributed by atoms with Crippen molar-refractivity contribution in [3.63, 3.8) is 0 Å². The molecule has 0 aromatic heterocycles. The summed E-state index contributed by atoms with van der Waals surface area (Å²) in [6.45, 7) is 5.43. The Balaban J connectivity index is 2.39. The summed E-state index contributed by atoms with van der Waals surface area (Å²) < 4.78 is 65.5. The van der Waals surface area contributed by atoms with E-state index in [1.807, 2.05) is 0 Å². The van der Waals surface area contributed by atoms with Gasteiger partial charge in [0.25, 0.3) is 0 Å². The van der Waals surface area contributed by atoms with Crippen LogP contribution in [-0.2, 0) is 21.0 Å². The summed E-state index contributed by atoms with van der Waals surface area (Å²) in [5.74, 6) is -0.436. The lowest BCUT2D eigenvalue weighted by molar-refractivity contribution is -0.137. The van der Waals surface area contributed by atoms with Crippen molar-refractivity contribution in [2.45, 2.75) is 62.7 Å². The van der Waals surface area contributed by atoms with Crippen LogP contribution in [0.4, 0.5) is 13.2 Å². The molecule has 5 nitrogen and oxygen atoms in total. The number of halogens is 4. The van der Waals surface area contributed by atoms with Crippen LogP contribution in [0.3, 0.4) is 0 Å². The van der Waals surface area contributed by atoms with Crippen LogP contribution < -0.4 is 5.32 Å². The highest BCUT2D eigenvalue weighted by Crippen LogP contribution is 2.35. The standard InChI is InChI=1S/C17H22ClF3N2O3S/c1-16(2,3)22-15(24)13-6-4-5-9-23(13)27(25,26)14-8-7-11(10-12(14)18)17(19,20)21/h7-8,10,13H,4-6,9H2,1-3H3,(H,22,24). The molecular weight excluding hydrogens is 405 g/mol. The molecule has 1 aromatic rings. The summed E-state index contributed by atoms with van der Waals surface area (Å²) in [5, 5.41) is 2.24. The number of nitrogens with zero attached hydrogens (tertiary/aromatic N) is 1. The SMILES string of the molecule is CC(C)(C)NC(=O)C1CCCCN1S(=O)(=O)c1ccc(C(F)(F)F)cc1Cl. The Hall–Kier alpha value is -1.32. The zero-order valence-electron chi connectivity index (χ0n) is 15.2. The number of sulfonamides is 1. The third kappa shape index (κ3) is 5.14. The first-order valence-corrected chi connectivity index (χ1v) is 10.3. The number of piperidine rings is 1. The van der Waals surface area contributed by atoms with Crippen LogP contribution in [0.5, 0.6) is 0 Å². The minimum Gasteiger partial charge on any atom is -0.350 e. The van der Waals surface area contributed by atoms with Crippen LogP contribution >= 0.6 is 11.6 Å². The molecule has 1 saturated heterocycles. The summed E-state index contributed by atoms with van der Waals surface area (Å²) >= 11 is 5.87. The van der Waals surface area contributed by atoms with Gasteiger partial charge in [-0.2, -0.15) is 17.5 Å². The number of carbonyl (C=O) groups is 1. The van der Waals surface area contributed by atoms with Crippen LogP contribution in [0.2, 0.25) is 5.02 Å². The van der Waals surface area contributed by atoms with Gasteiger partial charge in [0.15, 0.2) is 0 Å². The maximum atomic E-state index is 13.0. The normalized spacial score (nSPS) is 19.7. The van der Waals surface area contributed by atoms with Crippen molar-refractivity contribution in [3.8, 4) is 0 Å². The van der Waals surface area contributed by atoms with Crippen molar-refractivity contribution in [3.05, 3.63) is 28.8 Å². The number of hydrogen-bond donors (Lipinski definition) is 1. The van der Waals surface area contributed by atoms with Gasteiger partial charge in [-0.05, 0) is 51.8 Å². The van der Waals surface area contributed by atoms with E-state index in [9.17, 15) is 26.4 Å². The zero-order chi connectivity index (χ0) is 20.6. The summed E-state index contributed by atoms with van der Waals surface area (Å²) in [5.41, 5.74) is -1.58. The molecule has 0 saturated carbocycles. The molecule has 1 N–H and O–H groups in total. The van der Waals surface area contributed by atoms with E-state index in [0.717, 1.165) is 10.4 Å². The van der Waals surface area contributed by atoms with E-state index in [-0.39, 0.29) is 6.54 Å². The Labute approximate surface area is 161 Å². The van der Waals surface area contributed by atoms with E-state index in [2.05, 4.69) is 5.32 Å². The Kier molecular flexibility index (Phi) is 6.18. The van der Waals surface area contributed by atoms with Gasteiger partial charge in [-0.1, -0.05) is 18.0 Å². The predicted molar refractivity (Wildman–Crippen MR) is 95.9 cm³/mol. The molecule has 0 bridgehead atoms. The number of alkyl halides is 3. The average molecular weight is 427 g/mol. The molecule has 0 spiro atoms. The molecule has 1 atom stereocenters. The average Bonchev–Trinajstić information content (AvgIpc) is 2.52. The van der Waals surface area contributed by atoms with E-state index < -0.39 is 49.2 Å². The van der Waals surface area contributed by atoms with Gasteiger partial charge in [0.1, 0.15) is 10.9 Å². The molecule has 1 heterocycles. The fourth-order valence-electron chi connectivity index (χ4n) is 2.92. The van der Waals surface area contributed by atoms with E-state index in [0.29, 0.717) is 31.4 Å². The Morgan fingerprint density at radius 3 is 2.37 bits per heavy atom. The van der Waals surface area contributed by atoms with E-state index >= 15 is 0 Å². The van der Waals surface area contributed by atoms with Crippen molar-refractivity contribution >= 4 is 27.5 Å². The van der Waals surface area contributed by atoms with Gasteiger partial charge in [-0.25, -0.2) is 8.42 Å². The van der Waals surface area contributed by atoms with Crippen LogP contribution in [0.1, 0.15) is 45.6 Å². The first kappa shape index (κ1) is 22.0. The van der Waals surface area contributed by atoms with Crippen molar-refractivity contribution in [2.75, 3.05) is 6.54 Å². The lowest BCUT2D eigenvalue weighted by Crippen LogP contribution is -2.55.